The fourth-order valence-electron chi connectivity index (χ4n) is 3.58. The summed E-state index contributed by atoms with van der Waals surface area (Å²) in [7, 11) is 1.85. The molecule has 28 heavy (non-hydrogen) atoms. The van der Waals surface area contributed by atoms with Crippen molar-refractivity contribution < 1.29 is 9.59 Å². The Balaban J connectivity index is 1.44. The van der Waals surface area contributed by atoms with E-state index in [2.05, 4.69) is 28.4 Å². The third-order valence-electron chi connectivity index (χ3n) is 5.16. The summed E-state index contributed by atoms with van der Waals surface area (Å²) in [6, 6.07) is 17.5. The minimum absolute atomic E-state index is 0.0963. The highest BCUT2D eigenvalue weighted by Gasteiger charge is 2.17. The van der Waals surface area contributed by atoms with Gasteiger partial charge in [-0.15, -0.1) is 0 Å². The van der Waals surface area contributed by atoms with Crippen LogP contribution in [0.15, 0.2) is 54.6 Å². The van der Waals surface area contributed by atoms with Gasteiger partial charge in [-0.05, 0) is 43.0 Å². The average molecular weight is 380 g/mol. The number of carbonyl (C=O) groups excluding carboxylic acids is 2. The molecule has 1 saturated heterocycles. The van der Waals surface area contributed by atoms with Gasteiger partial charge >= 0.3 is 0 Å². The van der Waals surface area contributed by atoms with E-state index in [1.54, 1.807) is 17.0 Å². The van der Waals surface area contributed by atoms with Crippen LogP contribution < -0.4 is 10.2 Å². The van der Waals surface area contributed by atoms with Crippen molar-refractivity contribution in [3.8, 4) is 0 Å². The van der Waals surface area contributed by atoms with Crippen molar-refractivity contribution in [2.45, 2.75) is 32.2 Å². The van der Waals surface area contributed by atoms with Crippen LogP contribution in [0.5, 0.6) is 0 Å². The number of nitrogens with one attached hydrogen (secondary N) is 1. The Hall–Kier alpha value is -2.82. The van der Waals surface area contributed by atoms with E-state index in [9.17, 15) is 9.59 Å². The van der Waals surface area contributed by atoms with Crippen LogP contribution in [-0.2, 0) is 11.3 Å². The SMILES string of the molecule is CN(Cc1ccccc1N1CCCC1)C(=O)CCCNC(=O)c1ccccc1. The Morgan fingerprint density at radius 1 is 1.00 bits per heavy atom. The van der Waals surface area contributed by atoms with E-state index in [1.807, 2.05) is 31.3 Å². The summed E-state index contributed by atoms with van der Waals surface area (Å²) in [4.78, 5) is 28.7. The van der Waals surface area contributed by atoms with Crippen molar-refractivity contribution in [2.75, 3.05) is 31.6 Å². The Labute approximate surface area is 167 Å². The van der Waals surface area contributed by atoms with Crippen molar-refractivity contribution in [3.63, 3.8) is 0 Å². The lowest BCUT2D eigenvalue weighted by atomic mass is 10.1. The van der Waals surface area contributed by atoms with Crippen molar-refractivity contribution >= 4 is 17.5 Å². The van der Waals surface area contributed by atoms with Crippen LogP contribution in [0.25, 0.3) is 0 Å². The number of benzene rings is 2. The number of amides is 2. The molecule has 1 heterocycles. The lowest BCUT2D eigenvalue weighted by molar-refractivity contribution is -0.130. The van der Waals surface area contributed by atoms with Crippen LogP contribution in [0.3, 0.4) is 0 Å². The Bertz CT molecular complexity index is 785. The zero-order valence-corrected chi connectivity index (χ0v) is 16.6. The van der Waals surface area contributed by atoms with Crippen molar-refractivity contribution in [2.24, 2.45) is 0 Å². The minimum Gasteiger partial charge on any atom is -0.371 e. The summed E-state index contributed by atoms with van der Waals surface area (Å²) in [5.74, 6) is 0.00568. The molecule has 0 saturated carbocycles. The van der Waals surface area contributed by atoms with Gasteiger partial charge in [-0.25, -0.2) is 0 Å². The number of anilines is 1. The highest BCUT2D eigenvalue weighted by molar-refractivity contribution is 5.94. The number of carbonyl (C=O) groups is 2. The maximum atomic E-state index is 12.5. The quantitative estimate of drug-likeness (QED) is 0.715. The normalized spacial score (nSPS) is 13.4. The van der Waals surface area contributed by atoms with Crippen molar-refractivity contribution in [1.29, 1.82) is 0 Å². The van der Waals surface area contributed by atoms with Crippen LogP contribution in [0, 0.1) is 0 Å². The second-order valence-corrected chi connectivity index (χ2v) is 7.30. The standard InChI is InChI=1S/C23H29N3O2/c1-25(18-20-12-5-6-13-21(20)26-16-7-8-17-26)22(27)14-9-15-24-23(28)19-10-3-2-4-11-19/h2-6,10-13H,7-9,14-18H2,1H3,(H,24,28). The molecular weight excluding hydrogens is 350 g/mol. The first-order valence-electron chi connectivity index (χ1n) is 10.1. The molecule has 5 heteroatoms. The summed E-state index contributed by atoms with van der Waals surface area (Å²) in [6.45, 7) is 3.30. The Morgan fingerprint density at radius 3 is 2.43 bits per heavy atom. The lowest BCUT2D eigenvalue weighted by Gasteiger charge is -2.24. The molecule has 1 aliphatic rings. The third-order valence-corrected chi connectivity index (χ3v) is 5.16. The van der Waals surface area contributed by atoms with E-state index >= 15 is 0 Å². The first-order valence-corrected chi connectivity index (χ1v) is 10.1. The summed E-state index contributed by atoms with van der Waals surface area (Å²) in [5, 5.41) is 2.87. The highest BCUT2D eigenvalue weighted by Crippen LogP contribution is 2.25. The molecule has 0 aromatic heterocycles. The van der Waals surface area contributed by atoms with Gasteiger partial charge in [0.2, 0.25) is 5.91 Å². The van der Waals surface area contributed by atoms with E-state index in [1.165, 1.54) is 24.1 Å². The molecule has 2 amide bonds. The average Bonchev–Trinajstić information content (AvgIpc) is 3.26. The maximum absolute atomic E-state index is 12.5. The van der Waals surface area contributed by atoms with Crippen LogP contribution in [0.2, 0.25) is 0 Å². The second-order valence-electron chi connectivity index (χ2n) is 7.30. The zero-order valence-electron chi connectivity index (χ0n) is 16.6. The molecule has 0 unspecified atom stereocenters. The topological polar surface area (TPSA) is 52.6 Å². The van der Waals surface area contributed by atoms with Gasteiger partial charge in [0, 0.05) is 50.9 Å². The molecule has 5 nitrogen and oxygen atoms in total. The Kier molecular flexibility index (Phi) is 7.06. The molecular formula is C23H29N3O2. The number of hydrogen-bond donors (Lipinski definition) is 1. The van der Waals surface area contributed by atoms with E-state index in [-0.39, 0.29) is 11.8 Å². The molecule has 148 valence electrons. The predicted octanol–water partition coefficient (Wildman–Crippen LogP) is 3.46. The van der Waals surface area contributed by atoms with Gasteiger partial charge in [-0.1, -0.05) is 36.4 Å². The van der Waals surface area contributed by atoms with Gasteiger partial charge in [0.05, 0.1) is 0 Å². The van der Waals surface area contributed by atoms with Gasteiger partial charge in [0.15, 0.2) is 0 Å². The van der Waals surface area contributed by atoms with Crippen LogP contribution >= 0.6 is 0 Å². The molecule has 0 bridgehead atoms. The van der Waals surface area contributed by atoms with Crippen LogP contribution in [-0.4, -0.2) is 43.4 Å². The minimum atomic E-state index is -0.0963. The number of nitrogens with zero attached hydrogens (tertiary/aromatic N) is 2. The van der Waals surface area contributed by atoms with Gasteiger partial charge in [-0.3, -0.25) is 9.59 Å². The fourth-order valence-corrected chi connectivity index (χ4v) is 3.58. The molecule has 3 rings (SSSR count). The molecule has 0 aliphatic carbocycles. The molecule has 0 atom stereocenters. The molecule has 0 spiro atoms. The van der Waals surface area contributed by atoms with Crippen LogP contribution in [0.1, 0.15) is 41.6 Å². The van der Waals surface area contributed by atoms with E-state index in [4.69, 9.17) is 0 Å². The fraction of sp³-hybridized carbons (Fsp3) is 0.391. The molecule has 1 N–H and O–H groups in total. The van der Waals surface area contributed by atoms with Crippen molar-refractivity contribution in [3.05, 3.63) is 65.7 Å². The third kappa shape index (κ3) is 5.35. The molecule has 0 radical (unpaired) electrons. The molecule has 1 fully saturated rings. The summed E-state index contributed by atoms with van der Waals surface area (Å²) in [6.07, 6.45) is 3.53. The first-order chi connectivity index (χ1) is 13.6. The van der Waals surface area contributed by atoms with Gasteiger partial charge in [0.25, 0.3) is 5.91 Å². The predicted molar refractivity (Wildman–Crippen MR) is 112 cm³/mol. The lowest BCUT2D eigenvalue weighted by Crippen LogP contribution is -2.29. The smallest absolute Gasteiger partial charge is 0.251 e. The monoisotopic (exact) mass is 379 g/mol. The second kappa shape index (κ2) is 9.93. The number of para-hydroxylation sites is 1. The van der Waals surface area contributed by atoms with Gasteiger partial charge in [0.1, 0.15) is 0 Å². The zero-order chi connectivity index (χ0) is 19.8. The van der Waals surface area contributed by atoms with Crippen molar-refractivity contribution in [1.82, 2.24) is 10.2 Å². The van der Waals surface area contributed by atoms with Gasteiger partial charge < -0.3 is 15.1 Å². The van der Waals surface area contributed by atoms with E-state index < -0.39 is 0 Å². The summed E-state index contributed by atoms with van der Waals surface area (Å²) < 4.78 is 0. The van der Waals surface area contributed by atoms with Gasteiger partial charge in [-0.2, -0.15) is 0 Å². The number of hydrogen-bond acceptors (Lipinski definition) is 3. The van der Waals surface area contributed by atoms with E-state index in [0.29, 0.717) is 31.5 Å². The maximum Gasteiger partial charge on any atom is 0.251 e. The highest BCUT2D eigenvalue weighted by atomic mass is 16.2. The Morgan fingerprint density at radius 2 is 1.68 bits per heavy atom. The number of rotatable bonds is 8. The largest absolute Gasteiger partial charge is 0.371 e. The summed E-state index contributed by atoms with van der Waals surface area (Å²) in [5.41, 5.74) is 3.08. The van der Waals surface area contributed by atoms with Crippen LogP contribution in [0.4, 0.5) is 5.69 Å². The first kappa shape index (κ1) is 19.9. The molecule has 1 aliphatic heterocycles. The molecule has 2 aromatic rings. The summed E-state index contributed by atoms with van der Waals surface area (Å²) >= 11 is 0. The molecule has 2 aromatic carbocycles. The van der Waals surface area contributed by atoms with E-state index in [0.717, 1.165) is 13.1 Å².